The first-order valence-corrected chi connectivity index (χ1v) is 7.00. The van der Waals surface area contributed by atoms with Crippen molar-refractivity contribution in [2.24, 2.45) is 5.92 Å². The van der Waals surface area contributed by atoms with Crippen LogP contribution in [0.2, 0.25) is 0 Å². The van der Waals surface area contributed by atoms with Crippen molar-refractivity contribution in [3.63, 3.8) is 0 Å². The Labute approximate surface area is 110 Å². The summed E-state index contributed by atoms with van der Waals surface area (Å²) in [6.07, 6.45) is 8.15. The highest BCUT2D eigenvalue weighted by Gasteiger charge is 2.19. The standard InChI is InChI=1S/C14H26O4/c1-3-5-7-8-10-12(9-6-4-2)14(17)18-11-13(15)16/h12H,3-11H2,1-2H3,(H,15,16). The van der Waals surface area contributed by atoms with Crippen molar-refractivity contribution in [2.45, 2.75) is 65.2 Å². The molecular weight excluding hydrogens is 232 g/mol. The Balaban J connectivity index is 4.02. The van der Waals surface area contributed by atoms with E-state index in [2.05, 4.69) is 13.8 Å². The Morgan fingerprint density at radius 3 is 2.17 bits per heavy atom. The quantitative estimate of drug-likeness (QED) is 0.456. The molecule has 18 heavy (non-hydrogen) atoms. The zero-order valence-corrected chi connectivity index (χ0v) is 11.6. The van der Waals surface area contributed by atoms with Crippen molar-refractivity contribution in [2.75, 3.05) is 6.61 Å². The minimum Gasteiger partial charge on any atom is -0.479 e. The van der Waals surface area contributed by atoms with E-state index in [0.717, 1.165) is 38.5 Å². The van der Waals surface area contributed by atoms with Crippen LogP contribution in [0.25, 0.3) is 0 Å². The lowest BCUT2D eigenvalue weighted by Crippen LogP contribution is -2.21. The van der Waals surface area contributed by atoms with Gasteiger partial charge in [-0.3, -0.25) is 4.79 Å². The number of aliphatic carboxylic acids is 1. The summed E-state index contributed by atoms with van der Waals surface area (Å²) in [4.78, 5) is 22.1. The fraction of sp³-hybridized carbons (Fsp3) is 0.857. The molecule has 0 rings (SSSR count). The Bertz CT molecular complexity index is 238. The van der Waals surface area contributed by atoms with Gasteiger partial charge in [-0.05, 0) is 12.8 Å². The average molecular weight is 258 g/mol. The second kappa shape index (κ2) is 11.1. The monoisotopic (exact) mass is 258 g/mol. The van der Waals surface area contributed by atoms with E-state index in [1.54, 1.807) is 0 Å². The molecule has 0 fully saturated rings. The topological polar surface area (TPSA) is 63.6 Å². The Morgan fingerprint density at radius 2 is 1.61 bits per heavy atom. The number of unbranched alkanes of at least 4 members (excludes halogenated alkanes) is 4. The molecule has 1 atom stereocenters. The van der Waals surface area contributed by atoms with Crippen LogP contribution in [0, 0.1) is 5.92 Å². The van der Waals surface area contributed by atoms with Gasteiger partial charge in [0, 0.05) is 0 Å². The molecule has 4 heteroatoms. The SMILES string of the molecule is CCCCCCC(CCCC)C(=O)OCC(=O)O. The van der Waals surface area contributed by atoms with E-state index in [9.17, 15) is 9.59 Å². The number of carboxylic acid groups (broad SMARTS) is 1. The van der Waals surface area contributed by atoms with E-state index in [4.69, 9.17) is 9.84 Å². The normalized spacial score (nSPS) is 12.1. The first-order valence-electron chi connectivity index (χ1n) is 7.00. The van der Waals surface area contributed by atoms with E-state index in [1.165, 1.54) is 12.8 Å². The van der Waals surface area contributed by atoms with Gasteiger partial charge < -0.3 is 9.84 Å². The van der Waals surface area contributed by atoms with Crippen molar-refractivity contribution >= 4 is 11.9 Å². The minimum atomic E-state index is -1.09. The summed E-state index contributed by atoms with van der Waals surface area (Å²) in [5.74, 6) is -1.56. The number of hydrogen-bond acceptors (Lipinski definition) is 3. The molecule has 1 N–H and O–H groups in total. The molecule has 0 amide bonds. The Kier molecular flexibility index (Phi) is 10.4. The van der Waals surface area contributed by atoms with E-state index < -0.39 is 12.6 Å². The molecule has 0 aliphatic heterocycles. The summed E-state index contributed by atoms with van der Waals surface area (Å²) in [6.45, 7) is 3.71. The Hall–Kier alpha value is -1.06. The van der Waals surface area contributed by atoms with E-state index in [1.807, 2.05) is 0 Å². The lowest BCUT2D eigenvalue weighted by Gasteiger charge is -2.14. The van der Waals surface area contributed by atoms with Crippen LogP contribution in [0.4, 0.5) is 0 Å². The third kappa shape index (κ3) is 9.02. The van der Waals surface area contributed by atoms with Crippen LogP contribution >= 0.6 is 0 Å². The lowest BCUT2D eigenvalue weighted by molar-refractivity contribution is -0.158. The Morgan fingerprint density at radius 1 is 1.00 bits per heavy atom. The molecule has 0 saturated heterocycles. The van der Waals surface area contributed by atoms with Crippen LogP contribution in [-0.2, 0) is 14.3 Å². The van der Waals surface area contributed by atoms with Crippen LogP contribution in [0.3, 0.4) is 0 Å². The summed E-state index contributed by atoms with van der Waals surface area (Å²) < 4.78 is 4.78. The molecule has 0 saturated carbocycles. The molecule has 0 heterocycles. The maximum absolute atomic E-state index is 11.7. The highest BCUT2D eigenvalue weighted by molar-refractivity contribution is 5.76. The van der Waals surface area contributed by atoms with Gasteiger partial charge in [-0.25, -0.2) is 4.79 Å². The largest absolute Gasteiger partial charge is 0.479 e. The molecule has 0 bridgehead atoms. The molecule has 1 unspecified atom stereocenters. The molecule has 0 aliphatic rings. The van der Waals surface area contributed by atoms with Crippen molar-refractivity contribution in [1.82, 2.24) is 0 Å². The zero-order chi connectivity index (χ0) is 13.8. The number of rotatable bonds is 11. The number of ether oxygens (including phenoxy) is 1. The number of hydrogen-bond donors (Lipinski definition) is 1. The average Bonchev–Trinajstić information content (AvgIpc) is 2.35. The molecule has 0 aromatic rings. The first-order chi connectivity index (χ1) is 8.61. The molecule has 0 aliphatic carbocycles. The molecule has 0 radical (unpaired) electrons. The smallest absolute Gasteiger partial charge is 0.341 e. The molecule has 0 spiro atoms. The van der Waals surface area contributed by atoms with Gasteiger partial charge in [-0.2, -0.15) is 0 Å². The summed E-state index contributed by atoms with van der Waals surface area (Å²) in [5.41, 5.74) is 0. The molecule has 4 nitrogen and oxygen atoms in total. The maximum Gasteiger partial charge on any atom is 0.341 e. The predicted octanol–water partition coefficient (Wildman–Crippen LogP) is 3.39. The summed E-state index contributed by atoms with van der Waals surface area (Å²) in [6, 6.07) is 0. The van der Waals surface area contributed by atoms with Crippen molar-refractivity contribution in [3.8, 4) is 0 Å². The van der Waals surface area contributed by atoms with Gasteiger partial charge in [-0.1, -0.05) is 52.4 Å². The second-order valence-corrected chi connectivity index (χ2v) is 4.69. The van der Waals surface area contributed by atoms with Crippen molar-refractivity contribution in [1.29, 1.82) is 0 Å². The minimum absolute atomic E-state index is 0.124. The predicted molar refractivity (Wildman–Crippen MR) is 70.4 cm³/mol. The third-order valence-corrected chi connectivity index (χ3v) is 2.98. The maximum atomic E-state index is 11.7. The highest BCUT2D eigenvalue weighted by Crippen LogP contribution is 2.18. The van der Waals surface area contributed by atoms with Gasteiger partial charge in [0.1, 0.15) is 0 Å². The zero-order valence-electron chi connectivity index (χ0n) is 11.6. The lowest BCUT2D eigenvalue weighted by atomic mass is 9.95. The van der Waals surface area contributed by atoms with Gasteiger partial charge in [0.15, 0.2) is 6.61 Å². The number of carboxylic acids is 1. The second-order valence-electron chi connectivity index (χ2n) is 4.69. The van der Waals surface area contributed by atoms with Gasteiger partial charge in [0.25, 0.3) is 0 Å². The van der Waals surface area contributed by atoms with E-state index in [-0.39, 0.29) is 11.9 Å². The highest BCUT2D eigenvalue weighted by atomic mass is 16.5. The van der Waals surface area contributed by atoms with Crippen LogP contribution < -0.4 is 0 Å². The van der Waals surface area contributed by atoms with Crippen LogP contribution in [0.1, 0.15) is 65.2 Å². The first kappa shape index (κ1) is 16.9. The number of carbonyl (C=O) groups is 2. The van der Waals surface area contributed by atoms with Crippen molar-refractivity contribution in [3.05, 3.63) is 0 Å². The van der Waals surface area contributed by atoms with Crippen molar-refractivity contribution < 1.29 is 19.4 Å². The summed E-state index contributed by atoms with van der Waals surface area (Å²) in [7, 11) is 0. The van der Waals surface area contributed by atoms with Gasteiger partial charge in [0.05, 0.1) is 5.92 Å². The number of carbonyl (C=O) groups excluding carboxylic acids is 1. The summed E-state index contributed by atoms with van der Waals surface area (Å²) in [5, 5.41) is 8.49. The summed E-state index contributed by atoms with van der Waals surface area (Å²) >= 11 is 0. The molecule has 0 aromatic heterocycles. The third-order valence-electron chi connectivity index (χ3n) is 2.98. The molecular formula is C14H26O4. The number of esters is 1. The molecule has 106 valence electrons. The fourth-order valence-corrected chi connectivity index (χ4v) is 1.90. The van der Waals surface area contributed by atoms with Crippen LogP contribution in [0.5, 0.6) is 0 Å². The van der Waals surface area contributed by atoms with Gasteiger partial charge >= 0.3 is 11.9 Å². The molecule has 0 aromatic carbocycles. The van der Waals surface area contributed by atoms with E-state index in [0.29, 0.717) is 0 Å². The fourth-order valence-electron chi connectivity index (χ4n) is 1.90. The van der Waals surface area contributed by atoms with Gasteiger partial charge in [0.2, 0.25) is 0 Å². The van der Waals surface area contributed by atoms with Gasteiger partial charge in [-0.15, -0.1) is 0 Å². The van der Waals surface area contributed by atoms with Crippen LogP contribution in [0.15, 0.2) is 0 Å². The van der Waals surface area contributed by atoms with Crippen LogP contribution in [-0.4, -0.2) is 23.7 Å². The van der Waals surface area contributed by atoms with E-state index >= 15 is 0 Å².